The highest BCUT2D eigenvalue weighted by Crippen LogP contribution is 2.32. The third-order valence-electron chi connectivity index (χ3n) is 3.76. The number of rotatable bonds is 4. The minimum absolute atomic E-state index is 0.445. The first kappa shape index (κ1) is 17.7. The number of hydrogen-bond donors (Lipinski definition) is 1. The zero-order chi connectivity index (χ0) is 17.0. The van der Waals surface area contributed by atoms with Crippen LogP contribution in [0.1, 0.15) is 59.1 Å². The van der Waals surface area contributed by atoms with E-state index in [2.05, 4.69) is 35.1 Å². The molecule has 1 aromatic heterocycles. The number of anilines is 1. The minimum Gasteiger partial charge on any atom is -0.444 e. The maximum absolute atomic E-state index is 11.8. The quantitative estimate of drug-likeness (QED) is 0.902. The number of pyridine rings is 1. The molecule has 23 heavy (non-hydrogen) atoms. The first-order valence-electron chi connectivity index (χ1n) is 8.44. The van der Waals surface area contributed by atoms with Gasteiger partial charge in [0.2, 0.25) is 0 Å². The number of carbonyl (C=O) groups excluding carboxylic acids is 1. The number of amides is 1. The predicted octanol–water partition coefficient (Wildman–Crippen LogP) is 4.22. The van der Waals surface area contributed by atoms with Gasteiger partial charge in [0.05, 0.1) is 0 Å². The Morgan fingerprint density at radius 1 is 1.43 bits per heavy atom. The Balaban J connectivity index is 1.98. The Hall–Kier alpha value is -1.62. The van der Waals surface area contributed by atoms with Crippen LogP contribution < -0.4 is 5.32 Å². The SMILES string of the molecule is CC(C)CN1CCC[C@H]1c1ccc(NC(=O)OC(C)(C)C)nc1. The second-order valence-electron chi connectivity index (χ2n) is 7.65. The second-order valence-corrected chi connectivity index (χ2v) is 7.65. The molecule has 1 amide bonds. The van der Waals surface area contributed by atoms with Crippen molar-refractivity contribution in [1.29, 1.82) is 0 Å². The Labute approximate surface area is 139 Å². The smallest absolute Gasteiger partial charge is 0.413 e. The molecular weight excluding hydrogens is 290 g/mol. The summed E-state index contributed by atoms with van der Waals surface area (Å²) in [5, 5.41) is 2.67. The molecule has 5 heteroatoms. The van der Waals surface area contributed by atoms with Gasteiger partial charge >= 0.3 is 6.09 Å². The fourth-order valence-corrected chi connectivity index (χ4v) is 2.98. The molecule has 1 atom stereocenters. The normalized spacial score (nSPS) is 19.1. The van der Waals surface area contributed by atoms with Gasteiger partial charge in [-0.25, -0.2) is 9.78 Å². The summed E-state index contributed by atoms with van der Waals surface area (Å²) >= 11 is 0. The van der Waals surface area contributed by atoms with Crippen molar-refractivity contribution in [2.75, 3.05) is 18.4 Å². The first-order valence-corrected chi connectivity index (χ1v) is 8.44. The van der Waals surface area contributed by atoms with Crippen molar-refractivity contribution in [2.45, 2.75) is 59.1 Å². The van der Waals surface area contributed by atoms with Crippen LogP contribution in [-0.4, -0.2) is 34.7 Å². The molecule has 1 aliphatic rings. The lowest BCUT2D eigenvalue weighted by Crippen LogP contribution is -2.28. The zero-order valence-corrected chi connectivity index (χ0v) is 14.9. The molecule has 0 spiro atoms. The highest BCUT2D eigenvalue weighted by Gasteiger charge is 2.26. The van der Waals surface area contributed by atoms with Crippen molar-refractivity contribution < 1.29 is 9.53 Å². The summed E-state index contributed by atoms with van der Waals surface area (Å²) in [5.74, 6) is 1.19. The average Bonchev–Trinajstić information content (AvgIpc) is 2.84. The van der Waals surface area contributed by atoms with E-state index in [-0.39, 0.29) is 0 Å². The Morgan fingerprint density at radius 2 is 2.17 bits per heavy atom. The number of ether oxygens (including phenoxy) is 1. The fraction of sp³-hybridized carbons (Fsp3) is 0.667. The molecule has 2 heterocycles. The minimum atomic E-state index is -0.509. The van der Waals surface area contributed by atoms with E-state index in [1.165, 1.54) is 18.4 Å². The molecule has 1 aliphatic heterocycles. The van der Waals surface area contributed by atoms with E-state index >= 15 is 0 Å². The van der Waals surface area contributed by atoms with Crippen LogP contribution in [0.5, 0.6) is 0 Å². The van der Waals surface area contributed by atoms with Crippen LogP contribution in [0.15, 0.2) is 18.3 Å². The van der Waals surface area contributed by atoms with Crippen LogP contribution >= 0.6 is 0 Å². The number of carbonyl (C=O) groups is 1. The van der Waals surface area contributed by atoms with E-state index in [1.807, 2.05) is 33.0 Å². The zero-order valence-electron chi connectivity index (χ0n) is 14.9. The lowest BCUT2D eigenvalue weighted by Gasteiger charge is -2.26. The van der Waals surface area contributed by atoms with Crippen LogP contribution in [-0.2, 0) is 4.74 Å². The van der Waals surface area contributed by atoms with Crippen molar-refractivity contribution in [3.05, 3.63) is 23.9 Å². The van der Waals surface area contributed by atoms with Gasteiger partial charge in [0.25, 0.3) is 0 Å². The third kappa shape index (κ3) is 5.50. The molecule has 0 unspecified atom stereocenters. The molecular formula is C18H29N3O2. The maximum Gasteiger partial charge on any atom is 0.413 e. The van der Waals surface area contributed by atoms with Gasteiger partial charge in [0, 0.05) is 18.8 Å². The number of aromatic nitrogens is 1. The van der Waals surface area contributed by atoms with Gasteiger partial charge in [-0.05, 0) is 57.7 Å². The Kier molecular flexibility index (Phi) is 5.63. The highest BCUT2D eigenvalue weighted by atomic mass is 16.6. The molecule has 1 aromatic rings. The summed E-state index contributed by atoms with van der Waals surface area (Å²) < 4.78 is 5.23. The summed E-state index contributed by atoms with van der Waals surface area (Å²) in [7, 11) is 0. The number of likely N-dealkylation sites (tertiary alicyclic amines) is 1. The summed E-state index contributed by atoms with van der Waals surface area (Å²) in [6.45, 7) is 12.3. The van der Waals surface area contributed by atoms with Crippen molar-refractivity contribution in [2.24, 2.45) is 5.92 Å². The van der Waals surface area contributed by atoms with Crippen LogP contribution in [0.3, 0.4) is 0 Å². The lowest BCUT2D eigenvalue weighted by atomic mass is 10.1. The molecule has 0 saturated carbocycles. The monoisotopic (exact) mass is 319 g/mol. The topological polar surface area (TPSA) is 54.5 Å². The van der Waals surface area contributed by atoms with Gasteiger partial charge in [-0.3, -0.25) is 10.2 Å². The second kappa shape index (κ2) is 7.30. The standard InChI is InChI=1S/C18H29N3O2/c1-13(2)12-21-10-6-7-15(21)14-8-9-16(19-11-14)20-17(22)23-18(3,4)5/h8-9,11,13,15H,6-7,10,12H2,1-5H3,(H,19,20,22)/t15-/m0/s1. The molecule has 0 radical (unpaired) electrons. The van der Waals surface area contributed by atoms with Crippen LogP contribution in [0.4, 0.5) is 10.6 Å². The number of nitrogens with one attached hydrogen (secondary N) is 1. The van der Waals surface area contributed by atoms with Gasteiger partial charge in [-0.1, -0.05) is 19.9 Å². The van der Waals surface area contributed by atoms with Gasteiger partial charge in [0.1, 0.15) is 11.4 Å². The molecule has 0 aromatic carbocycles. The molecule has 2 rings (SSSR count). The summed E-state index contributed by atoms with van der Waals surface area (Å²) in [6.07, 6.45) is 3.80. The van der Waals surface area contributed by atoms with E-state index in [0.29, 0.717) is 17.8 Å². The van der Waals surface area contributed by atoms with Crippen molar-refractivity contribution in [3.8, 4) is 0 Å². The van der Waals surface area contributed by atoms with Crippen LogP contribution in [0, 0.1) is 5.92 Å². The Bertz CT molecular complexity index is 520. The maximum atomic E-state index is 11.8. The molecule has 0 aliphatic carbocycles. The van der Waals surface area contributed by atoms with Crippen molar-refractivity contribution in [1.82, 2.24) is 9.88 Å². The van der Waals surface area contributed by atoms with E-state index in [0.717, 1.165) is 13.1 Å². The van der Waals surface area contributed by atoms with E-state index in [1.54, 1.807) is 0 Å². The van der Waals surface area contributed by atoms with E-state index in [4.69, 9.17) is 4.74 Å². The lowest BCUT2D eigenvalue weighted by molar-refractivity contribution is 0.0635. The molecule has 5 nitrogen and oxygen atoms in total. The summed E-state index contributed by atoms with van der Waals surface area (Å²) in [5.41, 5.74) is 0.712. The van der Waals surface area contributed by atoms with Gasteiger partial charge in [-0.15, -0.1) is 0 Å². The van der Waals surface area contributed by atoms with Gasteiger partial charge < -0.3 is 4.74 Å². The fourth-order valence-electron chi connectivity index (χ4n) is 2.98. The number of hydrogen-bond acceptors (Lipinski definition) is 4. The Morgan fingerprint density at radius 3 is 2.74 bits per heavy atom. The third-order valence-corrected chi connectivity index (χ3v) is 3.76. The largest absolute Gasteiger partial charge is 0.444 e. The molecule has 1 saturated heterocycles. The van der Waals surface area contributed by atoms with E-state index < -0.39 is 11.7 Å². The molecule has 0 bridgehead atoms. The van der Waals surface area contributed by atoms with Crippen LogP contribution in [0.25, 0.3) is 0 Å². The van der Waals surface area contributed by atoms with Gasteiger partial charge in [-0.2, -0.15) is 0 Å². The molecule has 1 N–H and O–H groups in total. The van der Waals surface area contributed by atoms with E-state index in [9.17, 15) is 4.79 Å². The molecule has 1 fully saturated rings. The number of nitrogens with zero attached hydrogens (tertiary/aromatic N) is 2. The average molecular weight is 319 g/mol. The summed E-state index contributed by atoms with van der Waals surface area (Å²) in [4.78, 5) is 18.7. The van der Waals surface area contributed by atoms with Crippen molar-refractivity contribution >= 4 is 11.9 Å². The van der Waals surface area contributed by atoms with Crippen molar-refractivity contribution in [3.63, 3.8) is 0 Å². The predicted molar refractivity (Wildman–Crippen MR) is 92.5 cm³/mol. The molecule has 128 valence electrons. The van der Waals surface area contributed by atoms with Gasteiger partial charge in [0.15, 0.2) is 0 Å². The summed E-state index contributed by atoms with van der Waals surface area (Å²) in [6, 6.07) is 4.36. The van der Waals surface area contributed by atoms with Crippen LogP contribution in [0.2, 0.25) is 0 Å². The first-order chi connectivity index (χ1) is 10.7. The highest BCUT2D eigenvalue weighted by molar-refractivity contribution is 5.83.